The Labute approximate surface area is 157 Å². The number of rotatable bonds is 4. The van der Waals surface area contributed by atoms with Crippen LogP contribution in [0.2, 0.25) is 0 Å². The van der Waals surface area contributed by atoms with E-state index in [2.05, 4.69) is 0 Å². The molecule has 0 fully saturated rings. The Hall–Kier alpha value is -0.960. The first-order valence-corrected chi connectivity index (χ1v) is 12.4. The van der Waals surface area contributed by atoms with E-state index < -0.39 is 15.8 Å². The highest BCUT2D eigenvalue weighted by atomic mass is 35.9. The van der Waals surface area contributed by atoms with Gasteiger partial charge in [-0.2, -0.15) is 0 Å². The van der Waals surface area contributed by atoms with Crippen molar-refractivity contribution in [2.45, 2.75) is 0 Å². The third-order valence-corrected chi connectivity index (χ3v) is 6.58. The molecule has 1 atom stereocenters. The SMILES string of the molecule is O=P(Cl)(Cl)OC1=CC(c2ccccc2)=S(Cl)C(c2ccccc2)=C1. The molecule has 0 amide bonds. The molecule has 0 bridgehead atoms. The van der Waals surface area contributed by atoms with E-state index in [1.165, 1.54) is 0 Å². The predicted octanol–water partition coefficient (Wildman–Crippen LogP) is 7.17. The molecule has 1 aliphatic rings. The second-order valence-corrected chi connectivity index (χ2v) is 11.4. The largest absolute Gasteiger partial charge is 0.428 e. The number of hydrogen-bond donors (Lipinski definition) is 0. The minimum absolute atomic E-state index is 0.324. The first kappa shape index (κ1) is 17.8. The van der Waals surface area contributed by atoms with Crippen molar-refractivity contribution in [1.82, 2.24) is 0 Å². The third kappa shape index (κ3) is 4.36. The summed E-state index contributed by atoms with van der Waals surface area (Å²) in [6, 6.07) is 19.4. The van der Waals surface area contributed by atoms with Crippen LogP contribution >= 0.6 is 48.9 Å². The van der Waals surface area contributed by atoms with Crippen molar-refractivity contribution in [3.8, 4) is 0 Å². The van der Waals surface area contributed by atoms with Crippen molar-refractivity contribution in [3.05, 3.63) is 89.7 Å². The highest BCUT2D eigenvalue weighted by Gasteiger charge is 2.22. The Kier molecular flexibility index (Phi) is 5.59. The van der Waals surface area contributed by atoms with Gasteiger partial charge in [0.25, 0.3) is 0 Å². The lowest BCUT2D eigenvalue weighted by Crippen LogP contribution is -2.03. The molecule has 2 aromatic carbocycles. The Balaban J connectivity index is 2.15. The summed E-state index contributed by atoms with van der Waals surface area (Å²) in [5.41, 5.74) is 1.91. The van der Waals surface area contributed by atoms with Gasteiger partial charge in [0, 0.05) is 32.3 Å². The maximum atomic E-state index is 11.6. The van der Waals surface area contributed by atoms with Crippen LogP contribution in [0, 0.1) is 0 Å². The van der Waals surface area contributed by atoms with Crippen LogP contribution in [0.25, 0.3) is 4.91 Å². The number of benzene rings is 2. The van der Waals surface area contributed by atoms with E-state index in [-0.39, 0.29) is 0 Å². The molecule has 7 heteroatoms. The minimum Gasteiger partial charge on any atom is -0.422 e. The number of allylic oxidation sites excluding steroid dienone is 2. The smallest absolute Gasteiger partial charge is 0.422 e. The molecule has 0 N–H and O–H groups in total. The van der Waals surface area contributed by atoms with E-state index >= 15 is 0 Å². The monoisotopic (exact) mass is 416 g/mol. The number of hydrogen-bond acceptors (Lipinski definition) is 2. The van der Waals surface area contributed by atoms with Gasteiger partial charge in [0.1, 0.15) is 5.76 Å². The Morgan fingerprint density at radius 3 is 1.92 bits per heavy atom. The van der Waals surface area contributed by atoms with Crippen molar-refractivity contribution < 1.29 is 9.09 Å². The van der Waals surface area contributed by atoms with Crippen LogP contribution in [0.5, 0.6) is 0 Å². The summed E-state index contributed by atoms with van der Waals surface area (Å²) in [4.78, 5) is 1.71. The van der Waals surface area contributed by atoms with Crippen molar-refractivity contribution in [2.24, 2.45) is 0 Å². The maximum Gasteiger partial charge on any atom is 0.428 e. The van der Waals surface area contributed by atoms with E-state index in [0.717, 1.165) is 20.9 Å². The Bertz CT molecular complexity index is 887. The van der Waals surface area contributed by atoms with Gasteiger partial charge in [0.2, 0.25) is 0 Å². The molecule has 0 aliphatic carbocycles. The number of halogens is 3. The van der Waals surface area contributed by atoms with Gasteiger partial charge in [-0.25, -0.2) is 4.57 Å². The third-order valence-electron chi connectivity index (χ3n) is 3.26. The second-order valence-electron chi connectivity index (χ2n) is 4.91. The lowest BCUT2D eigenvalue weighted by Gasteiger charge is -2.19. The molecule has 0 saturated carbocycles. The van der Waals surface area contributed by atoms with Gasteiger partial charge in [0.15, 0.2) is 0 Å². The van der Waals surface area contributed by atoms with Crippen LogP contribution in [0.4, 0.5) is 0 Å². The minimum atomic E-state index is -3.71. The van der Waals surface area contributed by atoms with Crippen LogP contribution < -0.4 is 0 Å². The molecule has 0 radical (unpaired) electrons. The highest BCUT2D eigenvalue weighted by molar-refractivity contribution is 8.42. The average molecular weight is 418 g/mol. The molecule has 3 rings (SSSR count). The zero-order chi connectivity index (χ0) is 17.2. The fourth-order valence-corrected chi connectivity index (χ4v) is 5.27. The predicted molar refractivity (Wildman–Crippen MR) is 107 cm³/mol. The molecular weight excluding hydrogens is 406 g/mol. The summed E-state index contributed by atoms with van der Waals surface area (Å²) in [6.45, 7) is 0. The van der Waals surface area contributed by atoms with Gasteiger partial charge in [-0.1, -0.05) is 70.4 Å². The summed E-state index contributed by atoms with van der Waals surface area (Å²) in [5.74, 6) is 0.324. The van der Waals surface area contributed by atoms with Crippen molar-refractivity contribution in [2.75, 3.05) is 0 Å². The fourth-order valence-electron chi connectivity index (χ4n) is 2.28. The van der Waals surface area contributed by atoms with Gasteiger partial charge in [-0.15, -0.1) is 0 Å². The average Bonchev–Trinajstić information content (AvgIpc) is 2.56. The van der Waals surface area contributed by atoms with Crippen molar-refractivity contribution in [3.63, 3.8) is 0 Å². The van der Waals surface area contributed by atoms with Gasteiger partial charge in [-0.3, -0.25) is 0 Å². The van der Waals surface area contributed by atoms with Gasteiger partial charge < -0.3 is 4.52 Å². The van der Waals surface area contributed by atoms with Gasteiger partial charge in [0.05, 0.1) is 0 Å². The van der Waals surface area contributed by atoms with Gasteiger partial charge >= 0.3 is 6.07 Å². The Morgan fingerprint density at radius 1 is 0.833 bits per heavy atom. The van der Waals surface area contributed by atoms with Crippen LogP contribution in [0.15, 0.2) is 78.6 Å². The molecule has 0 spiro atoms. The van der Waals surface area contributed by atoms with Crippen LogP contribution in [-0.2, 0) is 9.09 Å². The fraction of sp³-hybridized carbons (Fsp3) is 0. The quantitative estimate of drug-likeness (QED) is 0.389. The normalized spacial score (nSPS) is 18.0. The first-order valence-electron chi connectivity index (χ1n) is 6.95. The molecule has 0 aromatic heterocycles. The van der Waals surface area contributed by atoms with Crippen LogP contribution in [0.1, 0.15) is 11.1 Å². The summed E-state index contributed by atoms with van der Waals surface area (Å²) in [7, 11) is 6.04. The lowest BCUT2D eigenvalue weighted by atomic mass is 10.1. The summed E-state index contributed by atoms with van der Waals surface area (Å²) >= 11 is 11.2. The summed E-state index contributed by atoms with van der Waals surface area (Å²) in [5, 5.41) is 0. The zero-order valence-corrected chi connectivity index (χ0v) is 16.2. The molecule has 1 heterocycles. The van der Waals surface area contributed by atoms with Crippen molar-refractivity contribution >= 4 is 58.7 Å². The molecule has 24 heavy (non-hydrogen) atoms. The molecule has 2 nitrogen and oxygen atoms in total. The van der Waals surface area contributed by atoms with E-state index in [1.807, 2.05) is 60.7 Å². The standard InChI is InChI=1S/C17H12Cl3O2PS/c18-23(19,21)22-15-11-16(13-7-3-1-4-8-13)24(20)17(12-15)14-9-5-2-6-10-14/h1-12H. The maximum absolute atomic E-state index is 11.6. The highest BCUT2D eigenvalue weighted by Crippen LogP contribution is 2.60. The van der Waals surface area contributed by atoms with E-state index in [0.29, 0.717) is 5.76 Å². The zero-order valence-electron chi connectivity index (χ0n) is 12.2. The lowest BCUT2D eigenvalue weighted by molar-refractivity contribution is 0.446. The molecule has 124 valence electrons. The van der Waals surface area contributed by atoms with Crippen molar-refractivity contribution in [1.29, 1.82) is 0 Å². The van der Waals surface area contributed by atoms with Crippen LogP contribution in [0.3, 0.4) is 0 Å². The first-order chi connectivity index (χ1) is 11.4. The topological polar surface area (TPSA) is 26.3 Å². The van der Waals surface area contributed by atoms with Crippen LogP contribution in [-0.4, -0.2) is 4.86 Å². The molecule has 1 unspecified atom stereocenters. The second kappa shape index (κ2) is 7.51. The van der Waals surface area contributed by atoms with E-state index in [4.69, 9.17) is 37.7 Å². The van der Waals surface area contributed by atoms with E-state index in [9.17, 15) is 4.57 Å². The summed E-state index contributed by atoms with van der Waals surface area (Å²) < 4.78 is 16.9. The van der Waals surface area contributed by atoms with Gasteiger partial charge in [-0.05, 0) is 34.0 Å². The molecule has 0 saturated heterocycles. The molecule has 1 aliphatic heterocycles. The Morgan fingerprint density at radius 2 is 1.38 bits per heavy atom. The summed E-state index contributed by atoms with van der Waals surface area (Å²) in [6.07, 6.45) is -0.249. The molecule has 2 aromatic rings. The molecular formula is C17H12Cl3O2PS. The van der Waals surface area contributed by atoms with E-state index in [1.54, 1.807) is 12.2 Å².